The van der Waals surface area contributed by atoms with E-state index in [0.29, 0.717) is 0 Å². The Bertz CT molecular complexity index is 643. The summed E-state index contributed by atoms with van der Waals surface area (Å²) in [7, 11) is -2.84. The highest BCUT2D eigenvalue weighted by molar-refractivity contribution is 7.89. The van der Waals surface area contributed by atoms with E-state index in [1.54, 1.807) is 0 Å². The molecule has 21 heavy (non-hydrogen) atoms. The van der Waals surface area contributed by atoms with Gasteiger partial charge < -0.3 is 9.84 Å². The van der Waals surface area contributed by atoms with E-state index in [-0.39, 0.29) is 29.8 Å². The maximum absolute atomic E-state index is 13.7. The first-order valence-electron chi connectivity index (χ1n) is 5.83. The number of benzene rings is 1. The van der Waals surface area contributed by atoms with Crippen molar-refractivity contribution >= 4 is 22.0 Å². The van der Waals surface area contributed by atoms with Crippen molar-refractivity contribution in [3.8, 4) is 0 Å². The number of hydrogen-bond acceptors (Lipinski definition) is 5. The van der Waals surface area contributed by atoms with E-state index in [9.17, 15) is 22.4 Å². The molecule has 0 aliphatic carbocycles. The minimum Gasteiger partial charge on any atom is -0.481 e. The Kier molecular flexibility index (Phi) is 5.79. The van der Waals surface area contributed by atoms with E-state index in [1.165, 1.54) is 0 Å². The summed E-state index contributed by atoms with van der Waals surface area (Å²) in [5.41, 5.74) is 0.00587. The molecule has 0 saturated heterocycles. The van der Waals surface area contributed by atoms with Crippen LogP contribution in [-0.4, -0.2) is 39.1 Å². The highest BCUT2D eigenvalue weighted by Crippen LogP contribution is 2.15. The fourth-order valence-electron chi connectivity index (χ4n) is 1.44. The molecule has 0 heterocycles. The van der Waals surface area contributed by atoms with Crippen LogP contribution < -0.4 is 4.72 Å². The molecule has 0 amide bonds. The van der Waals surface area contributed by atoms with Crippen LogP contribution in [0, 0.1) is 5.82 Å². The molecule has 7 nitrogen and oxygen atoms in total. The summed E-state index contributed by atoms with van der Waals surface area (Å²) in [6.07, 6.45) is -0.697. The maximum Gasteiger partial charge on any atom is 0.310 e. The summed E-state index contributed by atoms with van der Waals surface area (Å²) in [5, 5.41) is 8.43. The summed E-state index contributed by atoms with van der Waals surface area (Å²) in [6.45, 7) is -0.302. The molecular weight excluding hydrogens is 305 g/mol. The Morgan fingerprint density at radius 1 is 1.38 bits per heavy atom. The molecule has 0 unspecified atom stereocenters. The Balaban J connectivity index is 2.87. The van der Waals surface area contributed by atoms with Gasteiger partial charge in [0.15, 0.2) is 0 Å². The van der Waals surface area contributed by atoms with Gasteiger partial charge in [0.05, 0.1) is 24.8 Å². The number of esters is 1. The van der Waals surface area contributed by atoms with Crippen LogP contribution in [0.4, 0.5) is 4.39 Å². The molecule has 1 aromatic carbocycles. The van der Waals surface area contributed by atoms with Gasteiger partial charge in [-0.3, -0.25) is 9.59 Å². The van der Waals surface area contributed by atoms with Gasteiger partial charge in [-0.15, -0.1) is 0 Å². The van der Waals surface area contributed by atoms with Gasteiger partial charge in [-0.2, -0.15) is 0 Å². The largest absolute Gasteiger partial charge is 0.481 e. The highest BCUT2D eigenvalue weighted by Gasteiger charge is 2.17. The molecule has 1 aromatic rings. The molecular formula is C12H14FNO6S. The minimum atomic E-state index is -4.00. The lowest BCUT2D eigenvalue weighted by Gasteiger charge is -2.07. The van der Waals surface area contributed by atoms with Gasteiger partial charge in [0, 0.05) is 6.54 Å². The van der Waals surface area contributed by atoms with Crippen molar-refractivity contribution in [1.82, 2.24) is 4.72 Å². The van der Waals surface area contributed by atoms with E-state index in [4.69, 9.17) is 5.11 Å². The number of hydrogen-bond donors (Lipinski definition) is 2. The summed E-state index contributed by atoms with van der Waals surface area (Å²) >= 11 is 0. The Morgan fingerprint density at radius 3 is 2.57 bits per heavy atom. The van der Waals surface area contributed by atoms with Gasteiger partial charge in [-0.1, -0.05) is 6.07 Å². The third kappa shape index (κ3) is 5.12. The zero-order chi connectivity index (χ0) is 16.0. The fraction of sp³-hybridized carbons (Fsp3) is 0.333. The molecule has 0 aliphatic heterocycles. The number of sulfonamides is 1. The maximum atomic E-state index is 13.7. The lowest BCUT2D eigenvalue weighted by Crippen LogP contribution is -2.26. The van der Waals surface area contributed by atoms with Crippen LogP contribution in [0.1, 0.15) is 12.0 Å². The second kappa shape index (κ2) is 7.14. The number of carbonyl (C=O) groups is 2. The van der Waals surface area contributed by atoms with Crippen molar-refractivity contribution in [2.24, 2.45) is 0 Å². The van der Waals surface area contributed by atoms with Gasteiger partial charge in [-0.05, 0) is 17.7 Å². The molecule has 9 heteroatoms. The fourth-order valence-corrected chi connectivity index (χ4v) is 2.49. The summed E-state index contributed by atoms with van der Waals surface area (Å²) in [6, 6.07) is 3.06. The Labute approximate surface area is 120 Å². The van der Waals surface area contributed by atoms with Crippen LogP contribution in [0.25, 0.3) is 0 Å². The molecule has 0 spiro atoms. The third-order valence-electron chi connectivity index (χ3n) is 2.53. The molecule has 2 N–H and O–H groups in total. The van der Waals surface area contributed by atoms with Crippen molar-refractivity contribution in [2.75, 3.05) is 13.7 Å². The molecule has 0 saturated carbocycles. The SMILES string of the molecule is COC(=O)Cc1ccc(S(=O)(=O)NCCC(=O)O)cc1F. The van der Waals surface area contributed by atoms with Crippen molar-refractivity contribution < 1.29 is 32.2 Å². The van der Waals surface area contributed by atoms with E-state index in [2.05, 4.69) is 4.74 Å². The second-order valence-electron chi connectivity index (χ2n) is 4.05. The Morgan fingerprint density at radius 2 is 2.05 bits per heavy atom. The zero-order valence-electron chi connectivity index (χ0n) is 11.1. The first-order valence-corrected chi connectivity index (χ1v) is 7.31. The number of carboxylic acid groups (broad SMARTS) is 1. The number of carbonyl (C=O) groups excluding carboxylic acids is 1. The first kappa shape index (κ1) is 17.1. The van der Waals surface area contributed by atoms with E-state index < -0.39 is 27.8 Å². The smallest absolute Gasteiger partial charge is 0.310 e. The topological polar surface area (TPSA) is 110 Å². The molecule has 0 bridgehead atoms. The number of aliphatic carboxylic acids is 1. The van der Waals surface area contributed by atoms with E-state index >= 15 is 0 Å². The molecule has 0 radical (unpaired) electrons. The molecule has 1 rings (SSSR count). The number of halogens is 1. The number of rotatable bonds is 7. The van der Waals surface area contributed by atoms with Crippen molar-refractivity contribution in [3.63, 3.8) is 0 Å². The average molecular weight is 319 g/mol. The molecule has 0 aliphatic rings. The molecule has 0 aromatic heterocycles. The lowest BCUT2D eigenvalue weighted by molar-refractivity contribution is -0.140. The van der Waals surface area contributed by atoms with Crippen LogP contribution in [0.5, 0.6) is 0 Å². The third-order valence-corrected chi connectivity index (χ3v) is 3.99. The van der Waals surface area contributed by atoms with Crippen LogP contribution in [0.3, 0.4) is 0 Å². The minimum absolute atomic E-state index is 0.00587. The van der Waals surface area contributed by atoms with E-state index in [1.807, 2.05) is 4.72 Å². The van der Waals surface area contributed by atoms with Crippen LogP contribution in [0.15, 0.2) is 23.1 Å². The van der Waals surface area contributed by atoms with Crippen molar-refractivity contribution in [1.29, 1.82) is 0 Å². The predicted octanol–water partition coefficient (Wildman–Crippen LogP) is 0.294. The number of carboxylic acids is 1. The molecule has 116 valence electrons. The van der Waals surface area contributed by atoms with Crippen molar-refractivity contribution in [3.05, 3.63) is 29.6 Å². The van der Waals surface area contributed by atoms with Gasteiger partial charge in [0.2, 0.25) is 10.0 Å². The summed E-state index contributed by atoms with van der Waals surface area (Å²) in [5.74, 6) is -2.66. The summed E-state index contributed by atoms with van der Waals surface area (Å²) in [4.78, 5) is 21.0. The average Bonchev–Trinajstić information content (AvgIpc) is 2.40. The number of ether oxygens (including phenoxy) is 1. The first-order chi connectivity index (χ1) is 9.76. The number of nitrogens with one attached hydrogen (secondary N) is 1. The lowest BCUT2D eigenvalue weighted by atomic mass is 10.1. The van der Waals surface area contributed by atoms with Gasteiger partial charge in [-0.25, -0.2) is 17.5 Å². The molecule has 0 atom stereocenters. The van der Waals surface area contributed by atoms with Crippen LogP contribution >= 0.6 is 0 Å². The molecule has 0 fully saturated rings. The summed E-state index contributed by atoms with van der Waals surface area (Å²) < 4.78 is 43.7. The highest BCUT2D eigenvalue weighted by atomic mass is 32.2. The van der Waals surface area contributed by atoms with Crippen LogP contribution in [-0.2, 0) is 30.8 Å². The van der Waals surface area contributed by atoms with Crippen LogP contribution in [0.2, 0.25) is 0 Å². The zero-order valence-corrected chi connectivity index (χ0v) is 11.9. The normalized spacial score (nSPS) is 11.1. The quantitative estimate of drug-likeness (QED) is 0.699. The van der Waals surface area contributed by atoms with Gasteiger partial charge in [0.25, 0.3) is 0 Å². The standard InChI is InChI=1S/C12H14FNO6S/c1-20-12(17)6-8-2-3-9(7-10(8)13)21(18,19)14-5-4-11(15)16/h2-3,7,14H,4-6H2,1H3,(H,15,16). The monoisotopic (exact) mass is 319 g/mol. The van der Waals surface area contributed by atoms with Gasteiger partial charge >= 0.3 is 11.9 Å². The Hall–Kier alpha value is -2.00. The van der Waals surface area contributed by atoms with Gasteiger partial charge in [0.1, 0.15) is 5.82 Å². The van der Waals surface area contributed by atoms with Crippen molar-refractivity contribution in [2.45, 2.75) is 17.7 Å². The van der Waals surface area contributed by atoms with E-state index in [0.717, 1.165) is 25.3 Å². The number of methoxy groups -OCH3 is 1. The second-order valence-corrected chi connectivity index (χ2v) is 5.81. The predicted molar refractivity (Wildman–Crippen MR) is 69.6 cm³/mol.